The van der Waals surface area contributed by atoms with Gasteiger partial charge >= 0.3 is 5.97 Å². The molecule has 0 heterocycles. The van der Waals surface area contributed by atoms with Gasteiger partial charge in [-0.05, 0) is 73.3 Å². The van der Waals surface area contributed by atoms with Gasteiger partial charge in [-0.3, -0.25) is 4.79 Å². The van der Waals surface area contributed by atoms with E-state index in [1.54, 1.807) is 7.11 Å². The van der Waals surface area contributed by atoms with Gasteiger partial charge in [0.1, 0.15) is 5.75 Å². The predicted octanol–water partition coefficient (Wildman–Crippen LogP) is 5.15. The van der Waals surface area contributed by atoms with E-state index in [9.17, 15) is 9.90 Å². The van der Waals surface area contributed by atoms with E-state index in [2.05, 4.69) is 0 Å². The summed E-state index contributed by atoms with van der Waals surface area (Å²) in [4.78, 5) is 11.5. The van der Waals surface area contributed by atoms with Crippen LogP contribution in [0.15, 0.2) is 48.5 Å². The average Bonchev–Trinajstić information content (AvgIpc) is 3.55. The van der Waals surface area contributed by atoms with Crippen molar-refractivity contribution >= 4 is 5.97 Å². The Hall–Kier alpha value is -2.69. The van der Waals surface area contributed by atoms with E-state index >= 15 is 0 Å². The van der Waals surface area contributed by atoms with Gasteiger partial charge in [0.25, 0.3) is 0 Å². The molecular formula is C25H30O5. The molecule has 5 nitrogen and oxygen atoms in total. The summed E-state index contributed by atoms with van der Waals surface area (Å²) < 4.78 is 17.5. The summed E-state index contributed by atoms with van der Waals surface area (Å²) in [6.07, 6.45) is 4.33. The van der Waals surface area contributed by atoms with Crippen molar-refractivity contribution in [3.8, 4) is 17.2 Å². The van der Waals surface area contributed by atoms with Crippen LogP contribution in [-0.2, 0) is 4.79 Å². The molecule has 0 bridgehead atoms. The molecule has 1 N–H and O–H groups in total. The largest absolute Gasteiger partial charge is 0.493 e. The molecule has 2 fully saturated rings. The third-order valence-corrected chi connectivity index (χ3v) is 6.34. The van der Waals surface area contributed by atoms with Crippen LogP contribution in [0.3, 0.4) is 0 Å². The lowest BCUT2D eigenvalue weighted by Gasteiger charge is -2.35. The van der Waals surface area contributed by atoms with E-state index in [-0.39, 0.29) is 17.9 Å². The Balaban J connectivity index is 1.29. The van der Waals surface area contributed by atoms with Gasteiger partial charge in [0.05, 0.1) is 25.7 Å². The number of benzene rings is 2. The maximum atomic E-state index is 11.5. The first-order valence-corrected chi connectivity index (χ1v) is 10.8. The molecule has 2 atom stereocenters. The predicted molar refractivity (Wildman–Crippen MR) is 114 cm³/mol. The Morgan fingerprint density at radius 3 is 2.50 bits per heavy atom. The summed E-state index contributed by atoms with van der Waals surface area (Å²) in [6, 6.07) is 15.7. The van der Waals surface area contributed by atoms with Crippen LogP contribution >= 0.6 is 0 Å². The van der Waals surface area contributed by atoms with Crippen LogP contribution in [-0.4, -0.2) is 30.9 Å². The van der Waals surface area contributed by atoms with Crippen LogP contribution in [0.25, 0.3) is 0 Å². The van der Waals surface area contributed by atoms with E-state index < -0.39 is 5.97 Å². The van der Waals surface area contributed by atoms with Crippen molar-refractivity contribution in [1.29, 1.82) is 0 Å². The zero-order valence-corrected chi connectivity index (χ0v) is 17.6. The molecule has 0 unspecified atom stereocenters. The monoisotopic (exact) mass is 410 g/mol. The van der Waals surface area contributed by atoms with Gasteiger partial charge in [-0.1, -0.05) is 31.2 Å². The van der Waals surface area contributed by atoms with E-state index in [0.29, 0.717) is 18.4 Å². The van der Waals surface area contributed by atoms with Crippen molar-refractivity contribution in [2.45, 2.75) is 44.6 Å². The highest BCUT2D eigenvalue weighted by Crippen LogP contribution is 2.47. The van der Waals surface area contributed by atoms with Crippen molar-refractivity contribution < 1.29 is 24.1 Å². The summed E-state index contributed by atoms with van der Waals surface area (Å²) in [5.74, 6) is 2.27. The number of methoxy groups -OCH3 is 1. The van der Waals surface area contributed by atoms with Gasteiger partial charge in [-0.15, -0.1) is 0 Å². The molecule has 4 rings (SSSR count). The number of carboxylic acids is 1. The lowest BCUT2D eigenvalue weighted by atomic mass is 9.82. The summed E-state index contributed by atoms with van der Waals surface area (Å²) in [5.41, 5.74) is 1.08. The van der Waals surface area contributed by atoms with Crippen LogP contribution in [0.4, 0.5) is 0 Å². The van der Waals surface area contributed by atoms with Crippen LogP contribution in [0, 0.1) is 17.8 Å². The van der Waals surface area contributed by atoms with E-state index in [0.717, 1.165) is 48.5 Å². The Morgan fingerprint density at radius 2 is 1.83 bits per heavy atom. The van der Waals surface area contributed by atoms with Gasteiger partial charge in [0.2, 0.25) is 0 Å². The lowest BCUT2D eigenvalue weighted by Crippen LogP contribution is -2.37. The average molecular weight is 411 g/mol. The fourth-order valence-corrected chi connectivity index (χ4v) is 4.41. The smallest absolute Gasteiger partial charge is 0.306 e. The molecule has 2 aliphatic rings. The van der Waals surface area contributed by atoms with E-state index in [4.69, 9.17) is 14.2 Å². The molecule has 0 radical (unpaired) electrons. The van der Waals surface area contributed by atoms with Crippen molar-refractivity contribution in [3.63, 3.8) is 0 Å². The molecule has 160 valence electrons. The number of carbonyl (C=O) groups is 1. The molecule has 2 aromatic carbocycles. The van der Waals surface area contributed by atoms with E-state index in [1.807, 2.05) is 55.5 Å². The normalized spacial score (nSPS) is 22.5. The lowest BCUT2D eigenvalue weighted by molar-refractivity contribution is -0.142. The van der Waals surface area contributed by atoms with Crippen LogP contribution in [0.5, 0.6) is 17.2 Å². The summed E-state index contributed by atoms with van der Waals surface area (Å²) in [7, 11) is 1.65. The molecule has 30 heavy (non-hydrogen) atoms. The van der Waals surface area contributed by atoms with Crippen LogP contribution in [0.2, 0.25) is 0 Å². The number of aliphatic carboxylic acids is 1. The van der Waals surface area contributed by atoms with Gasteiger partial charge in [-0.2, -0.15) is 0 Å². The maximum absolute atomic E-state index is 11.5. The SMILES string of the molecule is COc1ccccc1OC1CC(COc2cccc([C@H](C3CC3)[C@H](C)C(=O)O)c2)C1. The van der Waals surface area contributed by atoms with Crippen molar-refractivity contribution in [3.05, 3.63) is 54.1 Å². The number of rotatable bonds is 10. The molecule has 0 saturated heterocycles. The third kappa shape index (κ3) is 4.72. The summed E-state index contributed by atoms with van der Waals surface area (Å²) in [6.45, 7) is 2.47. The highest BCUT2D eigenvalue weighted by molar-refractivity contribution is 5.71. The molecule has 0 spiro atoms. The van der Waals surface area contributed by atoms with Crippen molar-refractivity contribution in [2.24, 2.45) is 17.8 Å². The van der Waals surface area contributed by atoms with Crippen LogP contribution < -0.4 is 14.2 Å². The molecule has 2 aliphatic carbocycles. The third-order valence-electron chi connectivity index (χ3n) is 6.34. The van der Waals surface area contributed by atoms with Gasteiger partial charge in [0, 0.05) is 0 Å². The Kier molecular flexibility index (Phi) is 6.16. The molecular weight excluding hydrogens is 380 g/mol. The fourth-order valence-electron chi connectivity index (χ4n) is 4.41. The van der Waals surface area contributed by atoms with E-state index in [1.165, 1.54) is 0 Å². The highest BCUT2D eigenvalue weighted by Gasteiger charge is 2.38. The Bertz CT molecular complexity index is 869. The second-order valence-electron chi connectivity index (χ2n) is 8.60. The van der Waals surface area contributed by atoms with Crippen LogP contribution in [0.1, 0.15) is 44.1 Å². The molecule has 0 aliphatic heterocycles. The number of hydrogen-bond acceptors (Lipinski definition) is 4. The summed E-state index contributed by atoms with van der Waals surface area (Å²) in [5, 5.41) is 9.49. The minimum Gasteiger partial charge on any atom is -0.493 e. The second kappa shape index (κ2) is 8.99. The summed E-state index contributed by atoms with van der Waals surface area (Å²) >= 11 is 0. The standard InChI is InChI=1S/C25H30O5/c1-16(25(26)27)24(18-10-11-18)19-6-5-7-20(14-19)29-15-17-12-21(13-17)30-23-9-4-3-8-22(23)28-2/h3-9,14,16-18,21,24H,10-13,15H2,1-2H3,(H,26,27)/t16-,17?,21?,24-/m0/s1. The minimum atomic E-state index is -0.728. The number of hydrogen-bond donors (Lipinski definition) is 1. The first-order chi connectivity index (χ1) is 14.5. The Morgan fingerprint density at radius 1 is 1.10 bits per heavy atom. The topological polar surface area (TPSA) is 65.0 Å². The molecule has 5 heteroatoms. The molecule has 2 aromatic rings. The molecule has 2 saturated carbocycles. The highest BCUT2D eigenvalue weighted by atomic mass is 16.5. The minimum absolute atomic E-state index is 0.0633. The van der Waals surface area contributed by atoms with Gasteiger partial charge < -0.3 is 19.3 Å². The van der Waals surface area contributed by atoms with Crippen molar-refractivity contribution in [1.82, 2.24) is 0 Å². The maximum Gasteiger partial charge on any atom is 0.306 e. The number of ether oxygens (including phenoxy) is 3. The number of carboxylic acid groups (broad SMARTS) is 1. The van der Waals surface area contributed by atoms with Gasteiger partial charge in [0.15, 0.2) is 11.5 Å². The zero-order valence-electron chi connectivity index (χ0n) is 17.6. The Labute approximate surface area is 178 Å². The number of para-hydroxylation sites is 2. The van der Waals surface area contributed by atoms with Gasteiger partial charge in [-0.25, -0.2) is 0 Å². The fraction of sp³-hybridized carbons (Fsp3) is 0.480. The van der Waals surface area contributed by atoms with Crippen molar-refractivity contribution in [2.75, 3.05) is 13.7 Å². The zero-order chi connectivity index (χ0) is 21.1. The molecule has 0 aromatic heterocycles. The quantitative estimate of drug-likeness (QED) is 0.587. The first kappa shape index (κ1) is 20.6. The molecule has 0 amide bonds. The first-order valence-electron chi connectivity index (χ1n) is 10.8. The second-order valence-corrected chi connectivity index (χ2v) is 8.60.